The summed E-state index contributed by atoms with van der Waals surface area (Å²) < 4.78 is 6.88. The lowest BCUT2D eigenvalue weighted by atomic mass is 10.2. The zero-order valence-electron chi connectivity index (χ0n) is 9.25. The van der Waals surface area contributed by atoms with Crippen molar-refractivity contribution in [2.45, 2.75) is 19.6 Å². The lowest BCUT2D eigenvalue weighted by Gasteiger charge is -2.04. The Kier molecular flexibility index (Phi) is 3.26. The topological polar surface area (TPSA) is 47.3 Å². The zero-order valence-corrected chi connectivity index (χ0v) is 10.1. The van der Waals surface area contributed by atoms with E-state index in [4.69, 9.17) is 4.74 Å². The molecule has 86 valence electrons. The maximum absolute atomic E-state index is 10.1. The first-order valence-corrected chi connectivity index (χ1v) is 5.95. The highest BCUT2D eigenvalue weighted by atomic mass is 32.1. The van der Waals surface area contributed by atoms with Gasteiger partial charge in [0.25, 0.3) is 0 Å². The number of nitrogens with zero attached hydrogens (tertiary/aromatic N) is 2. The van der Waals surface area contributed by atoms with Crippen LogP contribution in [0.2, 0.25) is 0 Å². The van der Waals surface area contributed by atoms with E-state index < -0.39 is 6.10 Å². The van der Waals surface area contributed by atoms with Crippen LogP contribution in [0.3, 0.4) is 0 Å². The number of hydrogen-bond donors (Lipinski definition) is 1. The van der Waals surface area contributed by atoms with Gasteiger partial charge in [-0.3, -0.25) is 4.68 Å². The van der Waals surface area contributed by atoms with Gasteiger partial charge in [-0.1, -0.05) is 0 Å². The molecule has 0 aliphatic rings. The maximum Gasteiger partial charge on any atom is 0.129 e. The Hall–Kier alpha value is -1.33. The monoisotopic (exact) mass is 238 g/mol. The summed E-state index contributed by atoms with van der Waals surface area (Å²) in [6, 6.07) is 1.85. The molecule has 1 N–H and O–H groups in total. The van der Waals surface area contributed by atoms with Crippen molar-refractivity contribution in [3.8, 4) is 5.75 Å². The summed E-state index contributed by atoms with van der Waals surface area (Å²) in [7, 11) is 1.62. The van der Waals surface area contributed by atoms with Crippen molar-refractivity contribution in [1.29, 1.82) is 0 Å². The molecule has 5 heteroatoms. The Morgan fingerprint density at radius 3 is 3.00 bits per heavy atom. The highest BCUT2D eigenvalue weighted by Gasteiger charge is 2.14. The van der Waals surface area contributed by atoms with Crippen molar-refractivity contribution in [2.75, 3.05) is 7.11 Å². The number of methoxy groups -OCH3 is 1. The first-order chi connectivity index (χ1) is 7.74. The van der Waals surface area contributed by atoms with Crippen LogP contribution in [0.15, 0.2) is 23.8 Å². The van der Waals surface area contributed by atoms with Gasteiger partial charge in [-0.2, -0.15) is 5.10 Å². The second-order valence-corrected chi connectivity index (χ2v) is 4.36. The number of thiophene rings is 1. The van der Waals surface area contributed by atoms with Crippen molar-refractivity contribution in [3.05, 3.63) is 34.3 Å². The molecule has 2 aromatic heterocycles. The summed E-state index contributed by atoms with van der Waals surface area (Å²) in [4.78, 5) is 0.868. The summed E-state index contributed by atoms with van der Waals surface area (Å²) in [6.45, 7) is 2.82. The third-order valence-electron chi connectivity index (χ3n) is 2.39. The fourth-order valence-electron chi connectivity index (χ4n) is 1.44. The predicted octanol–water partition coefficient (Wildman–Crippen LogP) is 2.05. The minimum atomic E-state index is -0.616. The Balaban J connectivity index is 2.20. The van der Waals surface area contributed by atoms with E-state index in [1.165, 1.54) is 11.3 Å². The first kappa shape index (κ1) is 11.2. The van der Waals surface area contributed by atoms with Crippen LogP contribution < -0.4 is 4.74 Å². The summed E-state index contributed by atoms with van der Waals surface area (Å²) in [5.74, 6) is 0.780. The van der Waals surface area contributed by atoms with Gasteiger partial charge in [-0.25, -0.2) is 0 Å². The Bertz CT molecular complexity index is 422. The summed E-state index contributed by atoms with van der Waals surface area (Å²) in [5.41, 5.74) is 0.811. The third kappa shape index (κ3) is 2.10. The fraction of sp³-hybridized carbons (Fsp3) is 0.364. The molecule has 0 fully saturated rings. The minimum Gasteiger partial charge on any atom is -0.496 e. The number of rotatable bonds is 4. The molecule has 16 heavy (non-hydrogen) atoms. The lowest BCUT2D eigenvalue weighted by molar-refractivity contribution is 0.223. The molecular weight excluding hydrogens is 224 g/mol. The van der Waals surface area contributed by atoms with Crippen LogP contribution in [-0.4, -0.2) is 22.0 Å². The van der Waals surface area contributed by atoms with E-state index in [-0.39, 0.29) is 0 Å². The number of aliphatic hydroxyl groups excluding tert-OH is 1. The van der Waals surface area contributed by atoms with Gasteiger partial charge in [-0.15, -0.1) is 11.3 Å². The van der Waals surface area contributed by atoms with Gasteiger partial charge in [0.15, 0.2) is 0 Å². The number of ether oxygens (including phenoxy) is 1. The summed E-state index contributed by atoms with van der Waals surface area (Å²) in [5, 5.41) is 16.1. The van der Waals surface area contributed by atoms with Crippen molar-refractivity contribution < 1.29 is 9.84 Å². The quantitative estimate of drug-likeness (QED) is 0.886. The number of aromatic nitrogens is 2. The molecule has 2 aromatic rings. The number of hydrogen-bond acceptors (Lipinski definition) is 4. The molecule has 0 amide bonds. The molecule has 0 aliphatic carbocycles. The molecule has 0 radical (unpaired) electrons. The van der Waals surface area contributed by atoms with Crippen LogP contribution in [0.1, 0.15) is 23.5 Å². The van der Waals surface area contributed by atoms with Crippen LogP contribution in [0, 0.1) is 0 Å². The molecule has 0 bridgehead atoms. The summed E-state index contributed by atoms with van der Waals surface area (Å²) >= 11 is 1.48. The first-order valence-electron chi connectivity index (χ1n) is 5.07. The molecule has 1 unspecified atom stereocenters. The van der Waals surface area contributed by atoms with Crippen LogP contribution in [0.4, 0.5) is 0 Å². The minimum absolute atomic E-state index is 0.616. The van der Waals surface area contributed by atoms with Crippen molar-refractivity contribution in [2.24, 2.45) is 0 Å². The predicted molar refractivity (Wildman–Crippen MR) is 62.8 cm³/mol. The van der Waals surface area contributed by atoms with Gasteiger partial charge < -0.3 is 9.84 Å². The van der Waals surface area contributed by atoms with E-state index in [1.807, 2.05) is 24.6 Å². The van der Waals surface area contributed by atoms with Gasteiger partial charge in [-0.05, 0) is 13.0 Å². The van der Waals surface area contributed by atoms with Gasteiger partial charge in [0.1, 0.15) is 11.9 Å². The van der Waals surface area contributed by atoms with Crippen LogP contribution in [0.25, 0.3) is 0 Å². The van der Waals surface area contributed by atoms with E-state index in [9.17, 15) is 5.11 Å². The van der Waals surface area contributed by atoms with E-state index in [1.54, 1.807) is 18.0 Å². The summed E-state index contributed by atoms with van der Waals surface area (Å²) in [6.07, 6.45) is 2.94. The molecule has 2 rings (SSSR count). The molecular formula is C11H14N2O2S. The van der Waals surface area contributed by atoms with E-state index in [2.05, 4.69) is 5.10 Å². The molecule has 1 atom stereocenters. The average molecular weight is 238 g/mol. The second kappa shape index (κ2) is 4.67. The van der Waals surface area contributed by atoms with Crippen molar-refractivity contribution >= 4 is 11.3 Å². The molecule has 0 saturated heterocycles. The standard InChI is InChI=1S/C11H14N2O2S/c1-3-13-6-8(5-12-13)11(14)10-4-9(15-2)7-16-10/h4-7,11,14H,3H2,1-2H3. The molecule has 0 aromatic carbocycles. The molecule has 0 aliphatic heterocycles. The molecule has 0 saturated carbocycles. The van der Waals surface area contributed by atoms with Crippen LogP contribution in [-0.2, 0) is 6.54 Å². The second-order valence-electron chi connectivity index (χ2n) is 3.42. The SMILES string of the molecule is CCn1cc(C(O)c2cc(OC)cs2)cn1. The van der Waals surface area contributed by atoms with Gasteiger partial charge >= 0.3 is 0 Å². The maximum atomic E-state index is 10.1. The average Bonchev–Trinajstić information content (AvgIpc) is 2.97. The molecule has 4 nitrogen and oxygen atoms in total. The number of aryl methyl sites for hydroxylation is 1. The largest absolute Gasteiger partial charge is 0.496 e. The van der Waals surface area contributed by atoms with Crippen molar-refractivity contribution in [3.63, 3.8) is 0 Å². The third-order valence-corrected chi connectivity index (χ3v) is 3.36. The highest BCUT2D eigenvalue weighted by Crippen LogP contribution is 2.30. The highest BCUT2D eigenvalue weighted by molar-refractivity contribution is 7.10. The van der Waals surface area contributed by atoms with E-state index in [0.29, 0.717) is 0 Å². The van der Waals surface area contributed by atoms with Crippen molar-refractivity contribution in [1.82, 2.24) is 9.78 Å². The van der Waals surface area contributed by atoms with Gasteiger partial charge in [0.2, 0.25) is 0 Å². The van der Waals surface area contributed by atoms with E-state index >= 15 is 0 Å². The molecule has 2 heterocycles. The normalized spacial score (nSPS) is 12.7. The van der Waals surface area contributed by atoms with Crippen LogP contribution >= 0.6 is 11.3 Å². The zero-order chi connectivity index (χ0) is 11.5. The fourth-order valence-corrected chi connectivity index (χ4v) is 2.31. The lowest BCUT2D eigenvalue weighted by Crippen LogP contribution is -1.96. The van der Waals surface area contributed by atoms with Crippen LogP contribution in [0.5, 0.6) is 5.75 Å². The Morgan fingerprint density at radius 1 is 1.62 bits per heavy atom. The Labute approximate surface area is 98.1 Å². The van der Waals surface area contributed by atoms with E-state index in [0.717, 1.165) is 22.7 Å². The molecule has 0 spiro atoms. The number of aliphatic hydroxyl groups is 1. The Morgan fingerprint density at radius 2 is 2.44 bits per heavy atom. The van der Waals surface area contributed by atoms with Gasteiger partial charge in [0, 0.05) is 28.6 Å². The smallest absolute Gasteiger partial charge is 0.129 e. The van der Waals surface area contributed by atoms with Gasteiger partial charge in [0.05, 0.1) is 13.3 Å².